The van der Waals surface area contributed by atoms with E-state index in [9.17, 15) is 0 Å². The minimum absolute atomic E-state index is 0.0429. The molecular weight excluding hydrogens is 310 g/mol. The third-order valence-electron chi connectivity index (χ3n) is 4.51. The van der Waals surface area contributed by atoms with Gasteiger partial charge in [0.1, 0.15) is 0 Å². The molecule has 0 fully saturated rings. The second kappa shape index (κ2) is 6.35. The van der Waals surface area contributed by atoms with E-state index in [2.05, 4.69) is 74.5 Å². The van der Waals surface area contributed by atoms with Crippen LogP contribution in [0.4, 0.5) is 0 Å². The van der Waals surface area contributed by atoms with Crippen LogP contribution in [0.15, 0.2) is 23.3 Å². The number of hydrogen-bond acceptors (Lipinski definition) is 3. The number of allylic oxidation sites excluding steroid dienone is 2. The van der Waals surface area contributed by atoms with Crippen molar-refractivity contribution in [3.05, 3.63) is 23.3 Å². The van der Waals surface area contributed by atoms with Gasteiger partial charge in [0.25, 0.3) is 0 Å². The second-order valence-corrected chi connectivity index (χ2v) is 11.3. The smallest absolute Gasteiger partial charge is 0.168 e. The van der Waals surface area contributed by atoms with Gasteiger partial charge in [-0.15, -0.1) is 0 Å². The topological polar surface area (TPSA) is 42.3 Å². The molecule has 0 heterocycles. The molecule has 0 aromatic carbocycles. The molecule has 0 radical (unpaired) electrons. The van der Waals surface area contributed by atoms with E-state index in [1.165, 1.54) is 5.57 Å². The highest BCUT2D eigenvalue weighted by molar-refractivity contribution is 6.08. The van der Waals surface area contributed by atoms with Crippen molar-refractivity contribution in [2.45, 2.75) is 94.3 Å². The number of rotatable bonds is 2. The van der Waals surface area contributed by atoms with E-state index in [1.54, 1.807) is 0 Å². The zero-order chi connectivity index (χ0) is 20.1. The lowest BCUT2D eigenvalue weighted by atomic mass is 9.62. The molecule has 0 amide bonds. The van der Waals surface area contributed by atoms with E-state index in [1.807, 2.05) is 20.8 Å². The molecule has 25 heavy (non-hydrogen) atoms. The summed E-state index contributed by atoms with van der Waals surface area (Å²) in [6, 6.07) is 0. The quantitative estimate of drug-likeness (QED) is 0.457. The van der Waals surface area contributed by atoms with Crippen LogP contribution < -0.4 is 0 Å². The molecule has 1 unspecified atom stereocenters. The van der Waals surface area contributed by atoms with Crippen molar-refractivity contribution in [3.8, 4) is 0 Å². The fourth-order valence-electron chi connectivity index (χ4n) is 2.76. The molecule has 1 N–H and O–H groups in total. The predicted octanol–water partition coefficient (Wildman–Crippen LogP) is 6.50. The highest BCUT2D eigenvalue weighted by Crippen LogP contribution is 2.48. The molecule has 0 saturated carbocycles. The Bertz CT molecular complexity index is 583. The third-order valence-corrected chi connectivity index (χ3v) is 4.51. The molecule has 0 spiro atoms. The van der Waals surface area contributed by atoms with E-state index in [-0.39, 0.29) is 16.2 Å². The SMILES string of the molecule is CC(C)(C)OOC1(C(C)(C)C)C=C(C(C)(C)C)C=C(C(C)(C)C)C1=N. The van der Waals surface area contributed by atoms with Gasteiger partial charge in [0.05, 0.1) is 11.3 Å². The first-order valence-corrected chi connectivity index (χ1v) is 9.23. The van der Waals surface area contributed by atoms with Crippen molar-refractivity contribution in [3.63, 3.8) is 0 Å². The average Bonchev–Trinajstić information content (AvgIpc) is 2.32. The van der Waals surface area contributed by atoms with Crippen LogP contribution >= 0.6 is 0 Å². The third kappa shape index (κ3) is 4.83. The standard InChI is InChI=1S/C22H39NO2/c1-18(2,3)15-13-16(19(4,5)6)17(23)22(14-15,20(7,8)9)25-24-21(10,11)12/h13-14,23H,1-12H3. The molecule has 0 aliphatic heterocycles. The molecule has 1 aliphatic carbocycles. The monoisotopic (exact) mass is 349 g/mol. The predicted molar refractivity (Wildman–Crippen MR) is 107 cm³/mol. The highest BCUT2D eigenvalue weighted by atomic mass is 17.2. The fourth-order valence-corrected chi connectivity index (χ4v) is 2.76. The van der Waals surface area contributed by atoms with Crippen LogP contribution in [0.2, 0.25) is 0 Å². The molecule has 0 aromatic heterocycles. The summed E-state index contributed by atoms with van der Waals surface area (Å²) in [5.74, 6) is 0. The molecule has 1 atom stereocenters. The van der Waals surface area contributed by atoms with Gasteiger partial charge in [0.15, 0.2) is 5.60 Å². The van der Waals surface area contributed by atoms with Gasteiger partial charge in [-0.25, -0.2) is 9.78 Å². The fraction of sp³-hybridized carbons (Fsp3) is 0.773. The first-order chi connectivity index (χ1) is 10.8. The van der Waals surface area contributed by atoms with E-state index < -0.39 is 11.2 Å². The Hall–Kier alpha value is -0.930. The van der Waals surface area contributed by atoms with E-state index in [4.69, 9.17) is 15.2 Å². The van der Waals surface area contributed by atoms with Crippen molar-refractivity contribution in [2.75, 3.05) is 0 Å². The molecule has 1 rings (SSSR count). The summed E-state index contributed by atoms with van der Waals surface area (Å²) < 4.78 is 0. The van der Waals surface area contributed by atoms with Gasteiger partial charge in [0.2, 0.25) is 0 Å². The molecule has 0 saturated heterocycles. The Morgan fingerprint density at radius 1 is 0.800 bits per heavy atom. The van der Waals surface area contributed by atoms with Crippen molar-refractivity contribution in [2.24, 2.45) is 16.2 Å². The lowest BCUT2D eigenvalue weighted by Crippen LogP contribution is -2.55. The summed E-state index contributed by atoms with van der Waals surface area (Å²) in [6.45, 7) is 25.3. The Kier molecular flexibility index (Phi) is 5.62. The molecule has 3 nitrogen and oxygen atoms in total. The molecule has 1 aliphatic rings. The lowest BCUT2D eigenvalue weighted by Gasteiger charge is -2.48. The van der Waals surface area contributed by atoms with Gasteiger partial charge in [-0.1, -0.05) is 68.4 Å². The van der Waals surface area contributed by atoms with Gasteiger partial charge in [0, 0.05) is 5.41 Å². The molecule has 0 bridgehead atoms. The van der Waals surface area contributed by atoms with Crippen LogP contribution in [0.5, 0.6) is 0 Å². The molecule has 144 valence electrons. The maximum atomic E-state index is 9.05. The summed E-state index contributed by atoms with van der Waals surface area (Å²) in [6.07, 6.45) is 4.28. The van der Waals surface area contributed by atoms with Crippen molar-refractivity contribution in [1.82, 2.24) is 0 Å². The minimum Gasteiger partial charge on any atom is -0.301 e. The van der Waals surface area contributed by atoms with Gasteiger partial charge >= 0.3 is 0 Å². The number of hydrogen-bond donors (Lipinski definition) is 1. The largest absolute Gasteiger partial charge is 0.301 e. The van der Waals surface area contributed by atoms with Crippen LogP contribution in [0.25, 0.3) is 0 Å². The van der Waals surface area contributed by atoms with E-state index in [0.717, 1.165) is 5.57 Å². The molecular formula is C22H39NO2. The zero-order valence-electron chi connectivity index (χ0n) is 18.5. The van der Waals surface area contributed by atoms with Gasteiger partial charge in [-0.2, -0.15) is 0 Å². The van der Waals surface area contributed by atoms with Gasteiger partial charge in [-0.3, -0.25) is 0 Å². The molecule has 0 aromatic rings. The van der Waals surface area contributed by atoms with Crippen LogP contribution in [-0.4, -0.2) is 16.9 Å². The normalized spacial score (nSPS) is 23.4. The Morgan fingerprint density at radius 2 is 1.28 bits per heavy atom. The average molecular weight is 350 g/mol. The van der Waals surface area contributed by atoms with Crippen LogP contribution in [0.1, 0.15) is 83.1 Å². The van der Waals surface area contributed by atoms with E-state index >= 15 is 0 Å². The summed E-state index contributed by atoms with van der Waals surface area (Å²) in [4.78, 5) is 11.9. The maximum absolute atomic E-state index is 9.05. The maximum Gasteiger partial charge on any atom is 0.168 e. The first-order valence-electron chi connectivity index (χ1n) is 9.23. The molecule has 3 heteroatoms. The highest BCUT2D eigenvalue weighted by Gasteiger charge is 2.52. The summed E-state index contributed by atoms with van der Waals surface area (Å²) in [7, 11) is 0. The van der Waals surface area contributed by atoms with Crippen LogP contribution in [0.3, 0.4) is 0 Å². The number of nitrogens with one attached hydrogen (secondary N) is 1. The lowest BCUT2D eigenvalue weighted by molar-refractivity contribution is -0.393. The summed E-state index contributed by atoms with van der Waals surface area (Å²) in [5, 5.41) is 9.05. The van der Waals surface area contributed by atoms with Gasteiger partial charge < -0.3 is 5.41 Å². The van der Waals surface area contributed by atoms with Crippen LogP contribution in [0, 0.1) is 21.7 Å². The van der Waals surface area contributed by atoms with Crippen molar-refractivity contribution >= 4 is 5.71 Å². The first kappa shape index (κ1) is 22.1. The van der Waals surface area contributed by atoms with Crippen LogP contribution in [-0.2, 0) is 9.78 Å². The van der Waals surface area contributed by atoms with Gasteiger partial charge in [-0.05, 0) is 48.8 Å². The van der Waals surface area contributed by atoms with E-state index in [0.29, 0.717) is 5.71 Å². The van der Waals surface area contributed by atoms with Crippen molar-refractivity contribution in [1.29, 1.82) is 5.41 Å². The Labute approximate surface area is 155 Å². The Morgan fingerprint density at radius 3 is 1.60 bits per heavy atom. The van der Waals surface area contributed by atoms with Crippen molar-refractivity contribution < 1.29 is 9.78 Å². The zero-order valence-corrected chi connectivity index (χ0v) is 18.5. The minimum atomic E-state index is -0.930. The Balaban J connectivity index is 3.66. The summed E-state index contributed by atoms with van der Waals surface area (Å²) >= 11 is 0. The second-order valence-electron chi connectivity index (χ2n) is 11.3. The summed E-state index contributed by atoms with van der Waals surface area (Å²) in [5.41, 5.74) is 0.772.